The first-order valence-corrected chi connectivity index (χ1v) is 12.3. The van der Waals surface area contributed by atoms with Gasteiger partial charge in [0, 0.05) is 29.4 Å². The molecule has 3 aromatic carbocycles. The SMILES string of the molecule is CNc1ccc(C(CC(=O)O)c2ccc(Cl)c(CN(C)Sc3ccc4c(c3)OCCO4)c2)cc1N. The van der Waals surface area contributed by atoms with Gasteiger partial charge in [0.15, 0.2) is 11.5 Å². The van der Waals surface area contributed by atoms with Gasteiger partial charge in [-0.1, -0.05) is 29.8 Å². The van der Waals surface area contributed by atoms with Gasteiger partial charge in [0.2, 0.25) is 0 Å². The summed E-state index contributed by atoms with van der Waals surface area (Å²) in [5, 5.41) is 13.3. The maximum absolute atomic E-state index is 11.7. The van der Waals surface area contributed by atoms with E-state index in [1.807, 2.05) is 61.6 Å². The summed E-state index contributed by atoms with van der Waals surface area (Å²) in [6, 6.07) is 17.2. The number of anilines is 2. The third-order valence-electron chi connectivity index (χ3n) is 5.77. The summed E-state index contributed by atoms with van der Waals surface area (Å²) < 4.78 is 13.4. The lowest BCUT2D eigenvalue weighted by molar-refractivity contribution is -0.137. The second kappa shape index (κ2) is 11.1. The summed E-state index contributed by atoms with van der Waals surface area (Å²) in [5.41, 5.74) is 10.2. The van der Waals surface area contributed by atoms with Gasteiger partial charge in [-0.15, -0.1) is 0 Å². The fourth-order valence-electron chi connectivity index (χ4n) is 4.09. The van der Waals surface area contributed by atoms with Crippen LogP contribution in [0.3, 0.4) is 0 Å². The second-order valence-corrected chi connectivity index (χ2v) is 9.97. The number of aliphatic carboxylic acids is 1. The van der Waals surface area contributed by atoms with E-state index >= 15 is 0 Å². The number of nitrogens with two attached hydrogens (primary N) is 1. The summed E-state index contributed by atoms with van der Waals surface area (Å²) in [7, 11) is 3.78. The molecule has 0 aliphatic carbocycles. The predicted octanol–water partition coefficient (Wildman–Crippen LogP) is 5.48. The maximum Gasteiger partial charge on any atom is 0.304 e. The van der Waals surface area contributed by atoms with E-state index in [9.17, 15) is 9.90 Å². The van der Waals surface area contributed by atoms with Crippen LogP contribution < -0.4 is 20.5 Å². The fourth-order valence-corrected chi connectivity index (χ4v) is 5.12. The minimum absolute atomic E-state index is 0.0544. The topological polar surface area (TPSA) is 97.0 Å². The van der Waals surface area contributed by atoms with Crippen LogP contribution in [0.1, 0.15) is 29.0 Å². The molecule has 35 heavy (non-hydrogen) atoms. The molecule has 4 N–H and O–H groups in total. The van der Waals surface area contributed by atoms with E-state index in [0.717, 1.165) is 38.8 Å². The number of ether oxygens (including phenoxy) is 2. The van der Waals surface area contributed by atoms with E-state index in [-0.39, 0.29) is 12.3 Å². The van der Waals surface area contributed by atoms with Crippen molar-refractivity contribution in [1.29, 1.82) is 0 Å². The molecule has 1 aliphatic heterocycles. The molecule has 1 unspecified atom stereocenters. The molecule has 0 amide bonds. The number of carboxylic acid groups (broad SMARTS) is 1. The fraction of sp³-hybridized carbons (Fsp3) is 0.269. The lowest BCUT2D eigenvalue weighted by Gasteiger charge is -2.22. The highest BCUT2D eigenvalue weighted by atomic mass is 35.5. The van der Waals surface area contributed by atoms with Crippen LogP contribution in [-0.2, 0) is 11.3 Å². The van der Waals surface area contributed by atoms with Crippen LogP contribution in [-0.4, -0.2) is 42.7 Å². The standard InChI is InChI=1S/C26H28ClN3O4S/c1-29-23-7-4-17(12-22(23)28)20(14-26(31)32)16-3-6-21(27)18(11-16)15-30(2)35-19-5-8-24-25(13-19)34-10-9-33-24/h3-8,11-13,20,29H,9-10,14-15,28H2,1-2H3,(H,31,32). The van der Waals surface area contributed by atoms with Crippen molar-refractivity contribution in [3.05, 3.63) is 76.3 Å². The van der Waals surface area contributed by atoms with E-state index in [1.165, 1.54) is 0 Å². The van der Waals surface area contributed by atoms with Crippen molar-refractivity contribution in [1.82, 2.24) is 4.31 Å². The van der Waals surface area contributed by atoms with Crippen LogP contribution in [0.4, 0.5) is 11.4 Å². The Kier molecular flexibility index (Phi) is 7.95. The average molecular weight is 514 g/mol. The third kappa shape index (κ3) is 6.14. The molecule has 4 rings (SSSR count). The first-order valence-electron chi connectivity index (χ1n) is 11.2. The molecule has 184 valence electrons. The first-order chi connectivity index (χ1) is 16.8. The van der Waals surface area contributed by atoms with Crippen molar-refractivity contribution in [2.24, 2.45) is 0 Å². The molecule has 1 aliphatic rings. The number of carboxylic acids is 1. The van der Waals surface area contributed by atoms with Crippen LogP contribution in [0.25, 0.3) is 0 Å². The molecule has 3 aromatic rings. The van der Waals surface area contributed by atoms with Crippen LogP contribution in [0.5, 0.6) is 11.5 Å². The van der Waals surface area contributed by atoms with Crippen molar-refractivity contribution in [3.63, 3.8) is 0 Å². The summed E-state index contributed by atoms with van der Waals surface area (Å²) in [5.74, 6) is 0.267. The van der Waals surface area contributed by atoms with Gasteiger partial charge in [-0.25, -0.2) is 4.31 Å². The number of nitrogens with one attached hydrogen (secondary N) is 1. The number of hydrogen-bond acceptors (Lipinski definition) is 7. The number of nitrogens with zero attached hydrogens (tertiary/aromatic N) is 1. The molecule has 9 heteroatoms. The Balaban J connectivity index is 1.55. The van der Waals surface area contributed by atoms with E-state index < -0.39 is 5.97 Å². The minimum Gasteiger partial charge on any atom is -0.486 e. The van der Waals surface area contributed by atoms with E-state index in [1.54, 1.807) is 19.0 Å². The van der Waals surface area contributed by atoms with E-state index in [4.69, 9.17) is 26.8 Å². The molecule has 0 fully saturated rings. The van der Waals surface area contributed by atoms with Gasteiger partial charge in [-0.05, 0) is 72.1 Å². The Bertz CT molecular complexity index is 1220. The van der Waals surface area contributed by atoms with Crippen molar-refractivity contribution in [2.45, 2.75) is 23.8 Å². The molecular formula is C26H28ClN3O4S. The third-order valence-corrected chi connectivity index (χ3v) is 7.04. The number of fused-ring (bicyclic) bond motifs is 1. The number of rotatable bonds is 9. The molecule has 0 saturated heterocycles. The molecule has 0 bridgehead atoms. The highest BCUT2D eigenvalue weighted by Gasteiger charge is 2.21. The van der Waals surface area contributed by atoms with Crippen LogP contribution in [0.2, 0.25) is 5.02 Å². The average Bonchev–Trinajstić information content (AvgIpc) is 2.83. The Morgan fingerprint density at radius 2 is 1.83 bits per heavy atom. The van der Waals surface area contributed by atoms with Crippen LogP contribution >= 0.6 is 23.5 Å². The zero-order chi connectivity index (χ0) is 24.9. The molecule has 0 aromatic heterocycles. The Morgan fingerprint density at radius 1 is 1.11 bits per heavy atom. The zero-order valence-corrected chi connectivity index (χ0v) is 21.2. The number of hydrogen-bond donors (Lipinski definition) is 3. The lowest BCUT2D eigenvalue weighted by Crippen LogP contribution is -2.15. The summed E-state index contributed by atoms with van der Waals surface area (Å²) in [6.07, 6.45) is -0.0544. The van der Waals surface area contributed by atoms with Gasteiger partial charge in [-0.2, -0.15) is 0 Å². The minimum atomic E-state index is -0.881. The summed E-state index contributed by atoms with van der Waals surface area (Å²) in [4.78, 5) is 12.7. The van der Waals surface area contributed by atoms with Gasteiger partial charge < -0.3 is 25.6 Å². The van der Waals surface area contributed by atoms with Crippen molar-refractivity contribution in [3.8, 4) is 11.5 Å². The first kappa shape index (κ1) is 25.0. The monoisotopic (exact) mass is 513 g/mol. The summed E-state index contributed by atoms with van der Waals surface area (Å²) >= 11 is 8.11. The lowest BCUT2D eigenvalue weighted by atomic mass is 9.87. The van der Waals surface area contributed by atoms with Crippen LogP contribution in [0, 0.1) is 0 Å². The highest BCUT2D eigenvalue weighted by Crippen LogP contribution is 2.37. The van der Waals surface area contributed by atoms with Gasteiger partial charge in [0.25, 0.3) is 0 Å². The highest BCUT2D eigenvalue weighted by molar-refractivity contribution is 7.97. The molecule has 1 atom stereocenters. The molecular weight excluding hydrogens is 486 g/mol. The number of halogens is 1. The molecule has 7 nitrogen and oxygen atoms in total. The molecule has 0 saturated carbocycles. The zero-order valence-electron chi connectivity index (χ0n) is 19.6. The van der Waals surface area contributed by atoms with E-state index in [2.05, 4.69) is 9.62 Å². The van der Waals surface area contributed by atoms with Crippen molar-refractivity contribution >= 4 is 40.9 Å². The van der Waals surface area contributed by atoms with Crippen molar-refractivity contribution in [2.75, 3.05) is 38.4 Å². The van der Waals surface area contributed by atoms with E-state index in [0.29, 0.717) is 30.5 Å². The second-order valence-electron chi connectivity index (χ2n) is 8.28. The smallest absolute Gasteiger partial charge is 0.304 e. The largest absolute Gasteiger partial charge is 0.486 e. The normalized spacial score (nSPS) is 13.5. The van der Waals surface area contributed by atoms with Gasteiger partial charge in [-0.3, -0.25) is 4.79 Å². The predicted molar refractivity (Wildman–Crippen MR) is 141 cm³/mol. The van der Waals surface area contributed by atoms with Crippen LogP contribution in [0.15, 0.2) is 59.5 Å². The number of carbonyl (C=O) groups is 1. The van der Waals surface area contributed by atoms with Gasteiger partial charge >= 0.3 is 5.97 Å². The maximum atomic E-state index is 11.7. The van der Waals surface area contributed by atoms with Gasteiger partial charge in [0.05, 0.1) is 17.8 Å². The Morgan fingerprint density at radius 3 is 2.54 bits per heavy atom. The molecule has 1 heterocycles. The number of benzene rings is 3. The Hall–Kier alpha value is -3.07. The summed E-state index contributed by atoms with van der Waals surface area (Å²) in [6.45, 7) is 1.66. The molecule has 0 radical (unpaired) electrons. The van der Waals surface area contributed by atoms with Crippen molar-refractivity contribution < 1.29 is 19.4 Å². The molecule has 0 spiro atoms. The Labute approximate surface area is 214 Å². The van der Waals surface area contributed by atoms with Gasteiger partial charge in [0.1, 0.15) is 13.2 Å². The quantitative estimate of drug-likeness (QED) is 0.255. The number of nitrogen functional groups attached to an aromatic ring is 1.